The number of thioether (sulfide) groups is 1. The number of rotatable bonds is 6. The van der Waals surface area contributed by atoms with Gasteiger partial charge in [0.2, 0.25) is 0 Å². The predicted octanol–water partition coefficient (Wildman–Crippen LogP) is 3.60. The summed E-state index contributed by atoms with van der Waals surface area (Å²) >= 11 is 1.90. The molecule has 1 N–H and O–H groups in total. The molecule has 0 aliphatic rings. The van der Waals surface area contributed by atoms with Crippen LogP contribution in [0.2, 0.25) is 0 Å². The Morgan fingerprint density at radius 3 is 2.56 bits per heavy atom. The molecule has 0 spiro atoms. The smallest absolute Gasteiger partial charge is 0.127 e. The zero-order valence-corrected chi connectivity index (χ0v) is 12.4. The molecule has 0 aliphatic heterocycles. The molecule has 0 radical (unpaired) electrons. The van der Waals surface area contributed by atoms with Crippen molar-refractivity contribution in [3.63, 3.8) is 0 Å². The molecule has 0 aliphatic carbocycles. The summed E-state index contributed by atoms with van der Waals surface area (Å²) in [5.41, 5.74) is 1.53. The fourth-order valence-corrected chi connectivity index (χ4v) is 2.73. The van der Waals surface area contributed by atoms with Crippen molar-refractivity contribution in [2.24, 2.45) is 0 Å². The average Bonchev–Trinajstić information content (AvgIpc) is 2.40. The minimum absolute atomic E-state index is 0.248. The van der Waals surface area contributed by atoms with E-state index in [2.05, 4.69) is 36.5 Å². The molecule has 1 rings (SSSR count). The maximum Gasteiger partial charge on any atom is 0.127 e. The highest BCUT2D eigenvalue weighted by Gasteiger charge is 2.24. The standard InChI is InChI=1S/C14H21N3S/c1-5-14(6-2,18-4)10-16-13-8-12(9-15)7-11(3)17-13/h7-8H,5-6,10H2,1-4H3,(H,16,17). The number of nitriles is 1. The van der Waals surface area contributed by atoms with Crippen molar-refractivity contribution >= 4 is 17.6 Å². The number of anilines is 1. The average molecular weight is 263 g/mol. The molecule has 0 unspecified atom stereocenters. The Hall–Kier alpha value is -1.21. The molecule has 0 atom stereocenters. The molecule has 98 valence electrons. The lowest BCUT2D eigenvalue weighted by atomic mass is 10.0. The minimum Gasteiger partial charge on any atom is -0.369 e. The predicted molar refractivity (Wildman–Crippen MR) is 79.0 cm³/mol. The van der Waals surface area contributed by atoms with E-state index in [-0.39, 0.29) is 4.75 Å². The Kier molecular flexibility index (Phi) is 5.49. The topological polar surface area (TPSA) is 48.7 Å². The quantitative estimate of drug-likeness (QED) is 0.852. The Bertz CT molecular complexity index is 425. The molecule has 0 amide bonds. The first-order valence-electron chi connectivity index (χ1n) is 6.27. The van der Waals surface area contributed by atoms with Crippen molar-refractivity contribution in [3.05, 3.63) is 23.4 Å². The summed E-state index contributed by atoms with van der Waals surface area (Å²) in [5, 5.41) is 12.3. The van der Waals surface area contributed by atoms with Crippen molar-refractivity contribution in [3.8, 4) is 6.07 Å². The van der Waals surface area contributed by atoms with Crippen molar-refractivity contribution in [1.29, 1.82) is 5.26 Å². The molecular weight excluding hydrogens is 242 g/mol. The van der Waals surface area contributed by atoms with Gasteiger partial charge in [0.05, 0.1) is 11.6 Å². The molecule has 0 saturated carbocycles. The van der Waals surface area contributed by atoms with Crippen LogP contribution in [0.5, 0.6) is 0 Å². The largest absolute Gasteiger partial charge is 0.369 e. The molecule has 0 saturated heterocycles. The first-order valence-corrected chi connectivity index (χ1v) is 7.49. The monoisotopic (exact) mass is 263 g/mol. The van der Waals surface area contributed by atoms with Crippen LogP contribution in [0.25, 0.3) is 0 Å². The lowest BCUT2D eigenvalue weighted by molar-refractivity contribution is 0.574. The van der Waals surface area contributed by atoms with E-state index < -0.39 is 0 Å². The summed E-state index contributed by atoms with van der Waals surface area (Å²) in [4.78, 5) is 4.42. The molecule has 3 nitrogen and oxygen atoms in total. The Labute approximate surface area is 114 Å². The van der Waals surface area contributed by atoms with E-state index >= 15 is 0 Å². The van der Waals surface area contributed by atoms with Crippen molar-refractivity contribution in [2.45, 2.75) is 38.4 Å². The van der Waals surface area contributed by atoms with Gasteiger partial charge in [-0.2, -0.15) is 17.0 Å². The van der Waals surface area contributed by atoms with E-state index in [1.54, 1.807) is 6.07 Å². The number of pyridine rings is 1. The highest BCUT2D eigenvalue weighted by Crippen LogP contribution is 2.30. The molecular formula is C14H21N3S. The van der Waals surface area contributed by atoms with E-state index in [9.17, 15) is 0 Å². The maximum atomic E-state index is 8.94. The number of aromatic nitrogens is 1. The van der Waals surface area contributed by atoms with E-state index in [0.29, 0.717) is 5.56 Å². The molecule has 0 aromatic carbocycles. The molecule has 1 aromatic rings. The van der Waals surface area contributed by atoms with Gasteiger partial charge in [0, 0.05) is 17.0 Å². The highest BCUT2D eigenvalue weighted by atomic mass is 32.2. The normalized spacial score (nSPS) is 11.1. The molecule has 18 heavy (non-hydrogen) atoms. The van der Waals surface area contributed by atoms with Crippen LogP contribution in [0, 0.1) is 18.3 Å². The third kappa shape index (κ3) is 3.64. The minimum atomic E-state index is 0.248. The first-order chi connectivity index (χ1) is 8.59. The fraction of sp³-hybridized carbons (Fsp3) is 0.571. The van der Waals surface area contributed by atoms with Crippen LogP contribution in [0.15, 0.2) is 12.1 Å². The van der Waals surface area contributed by atoms with Gasteiger partial charge in [0.25, 0.3) is 0 Å². The second kappa shape index (κ2) is 6.65. The highest BCUT2D eigenvalue weighted by molar-refractivity contribution is 8.00. The third-order valence-corrected chi connectivity index (χ3v) is 4.98. The van der Waals surface area contributed by atoms with Gasteiger partial charge in [-0.3, -0.25) is 0 Å². The van der Waals surface area contributed by atoms with Gasteiger partial charge in [-0.15, -0.1) is 0 Å². The summed E-state index contributed by atoms with van der Waals surface area (Å²) in [5.74, 6) is 0.798. The van der Waals surface area contributed by atoms with Crippen molar-refractivity contribution in [2.75, 3.05) is 18.1 Å². The fourth-order valence-electron chi connectivity index (χ4n) is 1.94. The summed E-state index contributed by atoms with van der Waals surface area (Å²) in [6, 6.07) is 5.77. The van der Waals surface area contributed by atoms with E-state index in [0.717, 1.165) is 30.9 Å². The number of hydrogen-bond donors (Lipinski definition) is 1. The van der Waals surface area contributed by atoms with E-state index in [1.165, 1.54) is 0 Å². The van der Waals surface area contributed by atoms with Gasteiger partial charge in [-0.05, 0) is 38.2 Å². The SMILES string of the molecule is CCC(CC)(CNc1cc(C#N)cc(C)n1)SC. The summed E-state index contributed by atoms with van der Waals surface area (Å²) in [6.45, 7) is 7.22. The number of nitrogens with one attached hydrogen (secondary N) is 1. The molecule has 0 bridgehead atoms. The van der Waals surface area contributed by atoms with Crippen LogP contribution >= 0.6 is 11.8 Å². The van der Waals surface area contributed by atoms with Crippen molar-refractivity contribution in [1.82, 2.24) is 4.98 Å². The van der Waals surface area contributed by atoms with Crippen LogP contribution in [0.1, 0.15) is 37.9 Å². The molecule has 0 fully saturated rings. The number of aryl methyl sites for hydroxylation is 1. The summed E-state index contributed by atoms with van der Waals surface area (Å²) < 4.78 is 0.248. The van der Waals surface area contributed by atoms with Gasteiger partial charge in [-0.25, -0.2) is 4.98 Å². The van der Waals surface area contributed by atoms with E-state index in [1.807, 2.05) is 24.8 Å². The second-order valence-corrected chi connectivity index (χ2v) is 5.72. The van der Waals surface area contributed by atoms with Crippen LogP contribution in [0.3, 0.4) is 0 Å². The Morgan fingerprint density at radius 1 is 1.39 bits per heavy atom. The maximum absolute atomic E-state index is 8.94. The molecule has 1 heterocycles. The first kappa shape index (κ1) is 14.8. The lowest BCUT2D eigenvalue weighted by Crippen LogP contribution is -2.32. The summed E-state index contributed by atoms with van der Waals surface area (Å²) in [6.07, 6.45) is 4.39. The number of hydrogen-bond acceptors (Lipinski definition) is 4. The van der Waals surface area contributed by atoms with E-state index in [4.69, 9.17) is 5.26 Å². The van der Waals surface area contributed by atoms with Gasteiger partial charge in [-0.1, -0.05) is 13.8 Å². The summed E-state index contributed by atoms with van der Waals surface area (Å²) in [7, 11) is 0. The number of nitrogens with zero attached hydrogens (tertiary/aromatic N) is 2. The van der Waals surface area contributed by atoms with Crippen LogP contribution in [-0.4, -0.2) is 22.5 Å². The zero-order chi connectivity index (χ0) is 13.6. The van der Waals surface area contributed by atoms with Gasteiger partial charge < -0.3 is 5.32 Å². The van der Waals surface area contributed by atoms with Gasteiger partial charge >= 0.3 is 0 Å². The zero-order valence-electron chi connectivity index (χ0n) is 11.6. The van der Waals surface area contributed by atoms with Crippen LogP contribution in [-0.2, 0) is 0 Å². The molecule has 4 heteroatoms. The van der Waals surface area contributed by atoms with Gasteiger partial charge in [0.1, 0.15) is 5.82 Å². The van der Waals surface area contributed by atoms with Crippen molar-refractivity contribution < 1.29 is 0 Å². The third-order valence-electron chi connectivity index (χ3n) is 3.40. The van der Waals surface area contributed by atoms with Gasteiger partial charge in [0.15, 0.2) is 0 Å². The Balaban J connectivity index is 2.80. The lowest BCUT2D eigenvalue weighted by Gasteiger charge is -2.30. The molecule has 1 aromatic heterocycles. The second-order valence-electron chi connectivity index (χ2n) is 4.44. The van der Waals surface area contributed by atoms with Crippen LogP contribution < -0.4 is 5.32 Å². The van der Waals surface area contributed by atoms with Crippen LogP contribution in [0.4, 0.5) is 5.82 Å². The Morgan fingerprint density at radius 2 is 2.06 bits per heavy atom.